The molecule has 0 N–H and O–H groups in total. The Bertz CT molecular complexity index is 4380. The van der Waals surface area contributed by atoms with E-state index in [1.54, 1.807) is 0 Å². The molecule has 6 heterocycles. The van der Waals surface area contributed by atoms with Gasteiger partial charge in [-0.2, -0.15) is 0 Å². The van der Waals surface area contributed by atoms with Gasteiger partial charge in [0.1, 0.15) is 26.1 Å². The summed E-state index contributed by atoms with van der Waals surface area (Å²) in [6.45, 7) is 41.4. The van der Waals surface area contributed by atoms with Gasteiger partial charge in [-0.1, -0.05) is 243 Å². The van der Waals surface area contributed by atoms with Crippen molar-refractivity contribution >= 4 is 98.4 Å². The van der Waals surface area contributed by atoms with Crippen LogP contribution in [0.2, 0.25) is 26.2 Å². The van der Waals surface area contributed by atoms with Gasteiger partial charge in [0.25, 0.3) is 0 Å². The number of aromatic nitrogens is 2. The van der Waals surface area contributed by atoms with Crippen LogP contribution >= 0.6 is 22.7 Å². The van der Waals surface area contributed by atoms with E-state index in [1.807, 2.05) is 0 Å². The fourth-order valence-electron chi connectivity index (χ4n) is 16.5. The minimum absolute atomic E-state index is 0.00124. The number of rotatable bonds is 2. The van der Waals surface area contributed by atoms with Gasteiger partial charge < -0.3 is 9.13 Å². The minimum Gasteiger partial charge on any atom is -0.304 e. The minimum atomic E-state index is -2.29. The molecular formula is C79H82N2S2Si2. The smallest absolute Gasteiger partial charge is 0.113 e. The number of allylic oxidation sites excluding steroid dienone is 1. The number of fused-ring (bicyclic) bond motifs is 20. The number of hydrogen-bond acceptors (Lipinski definition) is 2. The van der Waals surface area contributed by atoms with Crippen molar-refractivity contribution in [2.75, 3.05) is 0 Å². The average molecular weight is 1180 g/mol. The zero-order valence-corrected chi connectivity index (χ0v) is 56.8. The summed E-state index contributed by atoms with van der Waals surface area (Å²) in [6.07, 6.45) is 3.65. The molecule has 2 aliphatic heterocycles. The molecule has 0 fully saturated rings. The Morgan fingerprint density at radius 2 is 0.741 bits per heavy atom. The van der Waals surface area contributed by atoms with Crippen molar-refractivity contribution in [1.82, 2.24) is 9.13 Å². The van der Waals surface area contributed by atoms with Crippen LogP contribution in [0.25, 0.3) is 48.8 Å². The molecule has 0 saturated carbocycles. The molecule has 2 nitrogen and oxygen atoms in total. The maximum atomic E-state index is 2.77. The molecule has 4 aliphatic rings. The second-order valence-corrected chi connectivity index (χ2v) is 41.7. The third-order valence-electron chi connectivity index (χ3n) is 21.1. The van der Waals surface area contributed by atoms with Crippen molar-refractivity contribution < 1.29 is 0 Å². The van der Waals surface area contributed by atoms with Crippen LogP contribution in [0, 0.1) is 5.41 Å². The van der Waals surface area contributed by atoms with E-state index in [1.165, 1.54) is 140 Å². The second kappa shape index (κ2) is 17.8. The van der Waals surface area contributed by atoms with E-state index in [-0.39, 0.29) is 21.7 Å². The van der Waals surface area contributed by atoms with Crippen LogP contribution in [-0.4, -0.2) is 25.3 Å². The number of thiophene rings is 2. The molecule has 428 valence electrons. The normalized spacial score (nSPS) is 18.0. The summed E-state index contributed by atoms with van der Waals surface area (Å²) in [4.78, 5) is 2.90. The maximum Gasteiger partial charge on any atom is 0.113 e. The highest BCUT2D eigenvalue weighted by molar-refractivity contribution is 7.16. The van der Waals surface area contributed by atoms with Gasteiger partial charge in [0.2, 0.25) is 0 Å². The van der Waals surface area contributed by atoms with Crippen molar-refractivity contribution in [2.24, 2.45) is 5.41 Å². The quantitative estimate of drug-likeness (QED) is 0.153. The SMILES string of the molecule is CC1CC(C(C)(C)C)=Cc2c1n(-c1cc3c(s1)C1(c4ccccc4[Si](C)(C)c4ccccc41)c1cc(-n4c5ccc(C(C)(C)C)cc5c5cc(C(C)(C)C)ccc54)sc1C31c3ccccc3[Si](C)(C)c3ccccc31)c1ccc(C(C)(C)C)cc21. The lowest BCUT2D eigenvalue weighted by Gasteiger charge is -2.54. The lowest BCUT2D eigenvalue weighted by molar-refractivity contribution is 0.468. The van der Waals surface area contributed by atoms with Crippen molar-refractivity contribution in [3.8, 4) is 10.0 Å². The second-order valence-electron chi connectivity index (χ2n) is 31.0. The van der Waals surface area contributed by atoms with Crippen LogP contribution in [0.4, 0.5) is 0 Å². The fraction of sp³-hybridized carbons (Fsp3) is 0.316. The van der Waals surface area contributed by atoms with Gasteiger partial charge in [-0.15, -0.1) is 22.7 Å². The molecule has 6 heteroatoms. The molecule has 85 heavy (non-hydrogen) atoms. The van der Waals surface area contributed by atoms with Crippen LogP contribution in [0.3, 0.4) is 0 Å². The van der Waals surface area contributed by atoms with E-state index in [0.717, 1.165) is 6.42 Å². The van der Waals surface area contributed by atoms with Gasteiger partial charge in [0, 0.05) is 43.1 Å². The summed E-state index contributed by atoms with van der Waals surface area (Å²) in [5.74, 6) is 0.307. The van der Waals surface area contributed by atoms with Crippen molar-refractivity contribution in [2.45, 2.75) is 156 Å². The van der Waals surface area contributed by atoms with E-state index in [2.05, 4.69) is 318 Å². The lowest BCUT2D eigenvalue weighted by Crippen LogP contribution is -2.66. The molecule has 7 aromatic carbocycles. The Balaban J connectivity index is 1.15. The predicted octanol–water partition coefficient (Wildman–Crippen LogP) is 19.0. The third kappa shape index (κ3) is 7.38. The summed E-state index contributed by atoms with van der Waals surface area (Å²) < 4.78 is 5.45. The zero-order chi connectivity index (χ0) is 59.7. The van der Waals surface area contributed by atoms with Gasteiger partial charge in [-0.25, -0.2) is 0 Å². The highest BCUT2D eigenvalue weighted by atomic mass is 32.1. The van der Waals surface area contributed by atoms with Gasteiger partial charge in [0.15, 0.2) is 0 Å². The van der Waals surface area contributed by atoms with E-state index in [4.69, 9.17) is 0 Å². The Morgan fingerprint density at radius 1 is 0.400 bits per heavy atom. The molecule has 4 aromatic heterocycles. The zero-order valence-electron chi connectivity index (χ0n) is 53.2. The van der Waals surface area contributed by atoms with Crippen LogP contribution in [0.5, 0.6) is 0 Å². The first kappa shape index (κ1) is 55.1. The molecule has 2 spiro atoms. The van der Waals surface area contributed by atoms with E-state index in [9.17, 15) is 0 Å². The Labute approximate surface area is 515 Å². The summed E-state index contributed by atoms with van der Waals surface area (Å²) in [5, 5.41) is 12.8. The summed E-state index contributed by atoms with van der Waals surface area (Å²) >= 11 is 4.17. The van der Waals surface area contributed by atoms with Crippen molar-refractivity contribution in [3.63, 3.8) is 0 Å². The first-order chi connectivity index (χ1) is 40.1. The summed E-state index contributed by atoms with van der Waals surface area (Å²) in [5.41, 5.74) is 19.8. The van der Waals surface area contributed by atoms with Crippen LogP contribution in [-0.2, 0) is 27.1 Å². The van der Waals surface area contributed by atoms with Crippen LogP contribution in [0.15, 0.2) is 169 Å². The van der Waals surface area contributed by atoms with Crippen LogP contribution in [0.1, 0.15) is 173 Å². The molecular weight excluding hydrogens is 1100 g/mol. The van der Waals surface area contributed by atoms with Gasteiger partial charge in [-0.05, 0) is 147 Å². The molecule has 1 unspecified atom stereocenters. The molecule has 2 aliphatic carbocycles. The molecule has 0 bridgehead atoms. The van der Waals surface area contributed by atoms with Crippen molar-refractivity contribution in [1.29, 1.82) is 0 Å². The van der Waals surface area contributed by atoms with Gasteiger partial charge in [-0.3, -0.25) is 0 Å². The average Bonchev–Trinajstić information content (AvgIpc) is 1.64. The Morgan fingerprint density at radius 3 is 1.11 bits per heavy atom. The highest BCUT2D eigenvalue weighted by Gasteiger charge is 2.63. The Kier molecular flexibility index (Phi) is 11.5. The number of hydrogen-bond donors (Lipinski definition) is 0. The van der Waals surface area contributed by atoms with E-state index in [0.29, 0.717) is 5.92 Å². The predicted molar refractivity (Wildman–Crippen MR) is 374 cm³/mol. The standard InChI is InChI=1S/C79H82N2S2Si2/c1-47-40-51(77(11,12)13)44-55-54-43-50(76(8,9)10)36-39-64(54)81(71(47)55)70-46-61-73(83-70)78(56-26-18-22-30-65(56)84(14,15)66-31-23-19-27-57(66)78)60-45-69(82-72(60)79(61)58-28-20-24-32-67(58)85(16,17)68-33-25-21-29-59(68)79)80-62-37-34-48(74(2,3)4)41-52(62)53-42-49(75(5,6)7)35-38-63(53)80/h18-39,41-47H,40H2,1-17H3. The molecule has 0 amide bonds. The Hall–Kier alpha value is -6.55. The van der Waals surface area contributed by atoms with E-state index >= 15 is 0 Å². The third-order valence-corrected chi connectivity index (χ3v) is 30.7. The largest absolute Gasteiger partial charge is 0.304 e. The molecule has 15 rings (SSSR count). The number of nitrogens with zero attached hydrogens (tertiary/aromatic N) is 2. The van der Waals surface area contributed by atoms with E-state index < -0.39 is 27.0 Å². The fourth-order valence-corrected chi connectivity index (χ4v) is 25.8. The molecule has 0 radical (unpaired) electrons. The molecule has 11 aromatic rings. The first-order valence-electron chi connectivity index (χ1n) is 31.3. The lowest BCUT2D eigenvalue weighted by atomic mass is 9.55. The van der Waals surface area contributed by atoms with Gasteiger partial charge >= 0.3 is 0 Å². The maximum absolute atomic E-state index is 2.77. The monoisotopic (exact) mass is 1180 g/mol. The van der Waals surface area contributed by atoms with Crippen LogP contribution < -0.4 is 20.7 Å². The summed E-state index contributed by atoms with van der Waals surface area (Å²) in [6, 6.07) is 66.9. The number of benzene rings is 7. The van der Waals surface area contributed by atoms with Gasteiger partial charge in [0.05, 0.1) is 27.4 Å². The highest BCUT2D eigenvalue weighted by Crippen LogP contribution is 2.66. The molecule has 0 saturated heterocycles. The topological polar surface area (TPSA) is 9.86 Å². The molecule has 1 atom stereocenters. The van der Waals surface area contributed by atoms with Crippen molar-refractivity contribution in [3.05, 3.63) is 240 Å². The first-order valence-corrected chi connectivity index (χ1v) is 38.9. The summed E-state index contributed by atoms with van der Waals surface area (Å²) in [7, 11) is -4.57.